The van der Waals surface area contributed by atoms with Gasteiger partial charge >= 0.3 is 0 Å². The summed E-state index contributed by atoms with van der Waals surface area (Å²) in [5, 5.41) is 0.386. The number of carbonyl (C=O) groups is 2. The van der Waals surface area contributed by atoms with E-state index in [1.807, 2.05) is 0 Å². The molecule has 0 saturated heterocycles. The molecule has 6 nitrogen and oxygen atoms in total. The summed E-state index contributed by atoms with van der Waals surface area (Å²) in [4.78, 5) is 23.9. The van der Waals surface area contributed by atoms with Crippen molar-refractivity contribution in [2.45, 2.75) is 0 Å². The molecule has 0 aliphatic heterocycles. The second kappa shape index (κ2) is 8.75. The van der Waals surface area contributed by atoms with E-state index < -0.39 is 11.8 Å². The van der Waals surface area contributed by atoms with Crippen molar-refractivity contribution in [3.8, 4) is 11.5 Å². The first kappa shape index (κ1) is 18.4. The van der Waals surface area contributed by atoms with Crippen LogP contribution in [0.5, 0.6) is 11.5 Å². The SMILES string of the molecule is COc1ccc(/C=C/C(=O)NNC(=O)c2cc(Cl)ccc2OC)cc1. The lowest BCUT2D eigenvalue weighted by molar-refractivity contribution is -0.117. The fourth-order valence-corrected chi connectivity index (χ4v) is 2.14. The van der Waals surface area contributed by atoms with Crippen LogP contribution < -0.4 is 20.3 Å². The summed E-state index contributed by atoms with van der Waals surface area (Å²) in [6.07, 6.45) is 2.91. The lowest BCUT2D eigenvalue weighted by Gasteiger charge is -2.09. The predicted molar refractivity (Wildman–Crippen MR) is 95.6 cm³/mol. The van der Waals surface area contributed by atoms with Crippen molar-refractivity contribution in [1.82, 2.24) is 10.9 Å². The standard InChI is InChI=1S/C18H17ClN2O4/c1-24-14-7-3-12(4-8-14)5-10-17(22)20-21-18(23)15-11-13(19)6-9-16(15)25-2/h3-11H,1-2H3,(H,20,22)(H,21,23)/b10-5+. The van der Waals surface area contributed by atoms with Gasteiger partial charge in [0, 0.05) is 11.1 Å². The Labute approximate surface area is 150 Å². The fourth-order valence-electron chi connectivity index (χ4n) is 1.97. The third kappa shape index (κ3) is 5.26. The Hall–Kier alpha value is -2.99. The number of hydrazine groups is 1. The van der Waals surface area contributed by atoms with Gasteiger partial charge < -0.3 is 9.47 Å². The molecule has 7 heteroatoms. The minimum Gasteiger partial charge on any atom is -0.497 e. The first-order chi connectivity index (χ1) is 12.0. The van der Waals surface area contributed by atoms with Crippen LogP contribution in [0.3, 0.4) is 0 Å². The highest BCUT2D eigenvalue weighted by atomic mass is 35.5. The van der Waals surface area contributed by atoms with Crippen molar-refractivity contribution in [1.29, 1.82) is 0 Å². The third-order valence-electron chi connectivity index (χ3n) is 3.25. The van der Waals surface area contributed by atoms with Gasteiger partial charge in [-0.25, -0.2) is 0 Å². The molecular formula is C18H17ClN2O4. The molecule has 0 aliphatic rings. The summed E-state index contributed by atoms with van der Waals surface area (Å²) in [6, 6.07) is 11.8. The van der Waals surface area contributed by atoms with Crippen molar-refractivity contribution in [3.63, 3.8) is 0 Å². The maximum Gasteiger partial charge on any atom is 0.273 e. The summed E-state index contributed by atoms with van der Waals surface area (Å²) >= 11 is 5.88. The predicted octanol–water partition coefficient (Wildman–Crippen LogP) is 2.83. The van der Waals surface area contributed by atoms with Gasteiger partial charge in [-0.1, -0.05) is 23.7 Å². The molecule has 0 radical (unpaired) electrons. The highest BCUT2D eigenvalue weighted by Crippen LogP contribution is 2.22. The van der Waals surface area contributed by atoms with E-state index in [4.69, 9.17) is 21.1 Å². The Morgan fingerprint density at radius 3 is 2.36 bits per heavy atom. The first-order valence-corrected chi connectivity index (χ1v) is 7.67. The van der Waals surface area contributed by atoms with Crippen LogP contribution in [0.25, 0.3) is 6.08 Å². The molecule has 0 bridgehead atoms. The van der Waals surface area contributed by atoms with Crippen molar-refractivity contribution in [3.05, 3.63) is 64.7 Å². The lowest BCUT2D eigenvalue weighted by Crippen LogP contribution is -2.40. The monoisotopic (exact) mass is 360 g/mol. The normalized spacial score (nSPS) is 10.4. The molecule has 0 fully saturated rings. The average Bonchev–Trinajstić information content (AvgIpc) is 2.64. The number of hydrogen-bond donors (Lipinski definition) is 2. The van der Waals surface area contributed by atoms with E-state index in [1.54, 1.807) is 49.6 Å². The number of hydrogen-bond acceptors (Lipinski definition) is 4. The van der Waals surface area contributed by atoms with E-state index in [9.17, 15) is 9.59 Å². The van der Waals surface area contributed by atoms with Crippen LogP contribution in [0.1, 0.15) is 15.9 Å². The molecule has 0 unspecified atom stereocenters. The van der Waals surface area contributed by atoms with Crippen LogP contribution in [-0.2, 0) is 4.79 Å². The molecule has 0 heterocycles. The fraction of sp³-hybridized carbons (Fsp3) is 0.111. The number of carbonyl (C=O) groups excluding carboxylic acids is 2. The van der Waals surface area contributed by atoms with E-state index in [0.717, 1.165) is 11.3 Å². The largest absolute Gasteiger partial charge is 0.497 e. The zero-order valence-corrected chi connectivity index (χ0v) is 14.5. The van der Waals surface area contributed by atoms with Crippen LogP contribution in [0.4, 0.5) is 0 Å². The zero-order valence-electron chi connectivity index (χ0n) is 13.7. The highest BCUT2D eigenvalue weighted by molar-refractivity contribution is 6.31. The van der Waals surface area contributed by atoms with Gasteiger partial charge in [0.05, 0.1) is 19.8 Å². The van der Waals surface area contributed by atoms with Gasteiger partial charge in [0.15, 0.2) is 0 Å². The molecule has 0 atom stereocenters. The molecule has 25 heavy (non-hydrogen) atoms. The molecule has 2 aromatic rings. The Morgan fingerprint density at radius 1 is 1.00 bits per heavy atom. The van der Waals surface area contributed by atoms with Crippen LogP contribution in [0.2, 0.25) is 5.02 Å². The Morgan fingerprint density at radius 2 is 1.72 bits per heavy atom. The van der Waals surface area contributed by atoms with E-state index in [-0.39, 0.29) is 5.56 Å². The van der Waals surface area contributed by atoms with Crippen molar-refractivity contribution >= 4 is 29.5 Å². The molecule has 0 aliphatic carbocycles. The molecule has 2 rings (SSSR count). The van der Waals surface area contributed by atoms with E-state index in [1.165, 1.54) is 19.3 Å². The van der Waals surface area contributed by atoms with Crippen LogP contribution in [0, 0.1) is 0 Å². The molecule has 2 N–H and O–H groups in total. The van der Waals surface area contributed by atoms with Gasteiger partial charge in [0.1, 0.15) is 11.5 Å². The zero-order chi connectivity index (χ0) is 18.2. The van der Waals surface area contributed by atoms with Gasteiger partial charge in [-0.2, -0.15) is 0 Å². The number of benzene rings is 2. The van der Waals surface area contributed by atoms with Crippen molar-refractivity contribution in [2.75, 3.05) is 14.2 Å². The molecular weight excluding hydrogens is 344 g/mol. The van der Waals surface area contributed by atoms with Gasteiger partial charge in [0.2, 0.25) is 0 Å². The quantitative estimate of drug-likeness (QED) is 0.635. The molecule has 0 spiro atoms. The smallest absolute Gasteiger partial charge is 0.273 e. The van der Waals surface area contributed by atoms with Crippen LogP contribution in [-0.4, -0.2) is 26.0 Å². The second-order valence-corrected chi connectivity index (χ2v) is 5.33. The molecule has 0 saturated carbocycles. The Kier molecular flexibility index (Phi) is 6.42. The minimum absolute atomic E-state index is 0.217. The number of amides is 2. The Bertz CT molecular complexity index is 788. The van der Waals surface area contributed by atoms with Gasteiger partial charge in [-0.05, 0) is 42.0 Å². The number of halogens is 1. The van der Waals surface area contributed by atoms with Gasteiger partial charge in [-0.3, -0.25) is 20.4 Å². The topological polar surface area (TPSA) is 76.7 Å². The van der Waals surface area contributed by atoms with Gasteiger partial charge in [-0.15, -0.1) is 0 Å². The molecule has 0 aromatic heterocycles. The van der Waals surface area contributed by atoms with E-state index in [2.05, 4.69) is 10.9 Å². The minimum atomic E-state index is -0.537. The van der Waals surface area contributed by atoms with Crippen molar-refractivity contribution in [2.24, 2.45) is 0 Å². The van der Waals surface area contributed by atoms with Gasteiger partial charge in [0.25, 0.3) is 11.8 Å². The lowest BCUT2D eigenvalue weighted by atomic mass is 10.2. The molecule has 130 valence electrons. The Balaban J connectivity index is 1.94. The third-order valence-corrected chi connectivity index (χ3v) is 3.48. The highest BCUT2D eigenvalue weighted by Gasteiger charge is 2.13. The van der Waals surface area contributed by atoms with Crippen LogP contribution in [0.15, 0.2) is 48.5 Å². The number of rotatable bonds is 5. The summed E-state index contributed by atoms with van der Waals surface area (Å²) in [7, 11) is 3.02. The number of nitrogens with one attached hydrogen (secondary N) is 2. The summed E-state index contributed by atoms with van der Waals surface area (Å²) in [5.41, 5.74) is 5.64. The van der Waals surface area contributed by atoms with Crippen molar-refractivity contribution < 1.29 is 19.1 Å². The maximum atomic E-state index is 12.1. The molecule has 2 aromatic carbocycles. The summed E-state index contributed by atoms with van der Waals surface area (Å²) in [5.74, 6) is 0.0602. The second-order valence-electron chi connectivity index (χ2n) is 4.89. The summed E-state index contributed by atoms with van der Waals surface area (Å²) in [6.45, 7) is 0. The molecule has 2 amide bonds. The van der Waals surface area contributed by atoms with E-state index in [0.29, 0.717) is 10.8 Å². The maximum absolute atomic E-state index is 12.1. The first-order valence-electron chi connectivity index (χ1n) is 7.29. The number of ether oxygens (including phenoxy) is 2. The van der Waals surface area contributed by atoms with E-state index >= 15 is 0 Å². The van der Waals surface area contributed by atoms with Crippen LogP contribution >= 0.6 is 11.6 Å². The average molecular weight is 361 g/mol. The number of methoxy groups -OCH3 is 2. The summed E-state index contributed by atoms with van der Waals surface area (Å²) < 4.78 is 10.2.